The molecule has 8 nitrogen and oxygen atoms in total. The first-order valence-electron chi connectivity index (χ1n) is 11.4. The van der Waals surface area contributed by atoms with Crippen molar-refractivity contribution in [2.45, 2.75) is 71.4 Å². The Balaban J connectivity index is 1.65. The summed E-state index contributed by atoms with van der Waals surface area (Å²) >= 11 is 0. The molecule has 1 aromatic rings. The van der Waals surface area contributed by atoms with E-state index in [1.165, 1.54) is 11.5 Å². The van der Waals surface area contributed by atoms with Gasteiger partial charge in [-0.05, 0) is 37.8 Å². The first kappa shape index (κ1) is 21.6. The number of nitrogens with zero attached hydrogens (tertiary/aromatic N) is 4. The number of hydrogen-bond acceptors (Lipinski definition) is 6. The summed E-state index contributed by atoms with van der Waals surface area (Å²) in [6, 6.07) is 4.12. The molecule has 0 aromatic heterocycles. The number of guanidine groups is 1. The van der Waals surface area contributed by atoms with Gasteiger partial charge in [0.25, 0.3) is 5.91 Å². The number of aliphatic imine (C=N–C) groups is 1. The van der Waals surface area contributed by atoms with Gasteiger partial charge in [-0.1, -0.05) is 32.3 Å². The minimum absolute atomic E-state index is 0.105. The third-order valence-corrected chi connectivity index (χ3v) is 6.28. The summed E-state index contributed by atoms with van der Waals surface area (Å²) in [6.45, 7) is 4.62. The number of carbonyl (C=O) groups is 2. The summed E-state index contributed by atoms with van der Waals surface area (Å²) < 4.78 is 0. The molecule has 0 radical (unpaired) electrons. The van der Waals surface area contributed by atoms with Crippen molar-refractivity contribution in [1.29, 1.82) is 0 Å². The van der Waals surface area contributed by atoms with E-state index in [0.29, 0.717) is 31.7 Å². The second-order valence-corrected chi connectivity index (χ2v) is 8.59. The largest absolute Gasteiger partial charge is 0.394 e. The van der Waals surface area contributed by atoms with Crippen LogP contribution in [0, 0.1) is 6.92 Å². The van der Waals surface area contributed by atoms with Crippen molar-refractivity contribution in [2.75, 3.05) is 19.7 Å². The lowest BCUT2D eigenvalue weighted by atomic mass is 9.94. The predicted molar refractivity (Wildman–Crippen MR) is 117 cm³/mol. The van der Waals surface area contributed by atoms with Crippen LogP contribution in [0.25, 0.3) is 0 Å². The molecule has 0 unspecified atom stereocenters. The highest BCUT2D eigenvalue weighted by Crippen LogP contribution is 2.39. The average molecular weight is 429 g/mol. The maximum atomic E-state index is 12.9. The van der Waals surface area contributed by atoms with E-state index >= 15 is 0 Å². The van der Waals surface area contributed by atoms with Crippen molar-refractivity contribution in [3.8, 4) is 5.75 Å². The van der Waals surface area contributed by atoms with E-state index in [1.807, 2.05) is 35.8 Å². The number of rotatable bonds is 7. The van der Waals surface area contributed by atoms with Crippen molar-refractivity contribution in [3.63, 3.8) is 0 Å². The molecule has 0 spiro atoms. The molecule has 168 valence electrons. The smallest absolute Gasteiger partial charge is 0.255 e. The van der Waals surface area contributed by atoms with Crippen LogP contribution in [0.4, 0.5) is 5.69 Å². The third kappa shape index (κ3) is 4.26. The molecule has 0 bridgehead atoms. The number of amides is 2. The average Bonchev–Trinajstić information content (AvgIpc) is 3.09. The fourth-order valence-electron chi connectivity index (χ4n) is 4.71. The van der Waals surface area contributed by atoms with Gasteiger partial charge >= 0.3 is 0 Å². The molecule has 8 heteroatoms. The lowest BCUT2D eigenvalue weighted by Gasteiger charge is -2.34. The second-order valence-electron chi connectivity index (χ2n) is 8.59. The number of benzene rings is 1. The van der Waals surface area contributed by atoms with Gasteiger partial charge in [-0.2, -0.15) is 5.06 Å². The van der Waals surface area contributed by atoms with E-state index in [1.54, 1.807) is 0 Å². The lowest BCUT2D eigenvalue weighted by Crippen LogP contribution is -2.44. The van der Waals surface area contributed by atoms with Crippen molar-refractivity contribution in [2.24, 2.45) is 4.99 Å². The van der Waals surface area contributed by atoms with Crippen LogP contribution in [0.3, 0.4) is 0 Å². The molecule has 31 heavy (non-hydrogen) atoms. The summed E-state index contributed by atoms with van der Waals surface area (Å²) in [7, 11) is 0. The van der Waals surface area contributed by atoms with E-state index in [0.717, 1.165) is 48.5 Å². The molecule has 1 N–H and O–H groups in total. The predicted octanol–water partition coefficient (Wildman–Crippen LogP) is 2.89. The van der Waals surface area contributed by atoms with E-state index in [4.69, 9.17) is 9.83 Å². The Labute approximate surface area is 183 Å². The molecule has 1 aliphatic carbocycles. The van der Waals surface area contributed by atoms with Gasteiger partial charge in [-0.25, -0.2) is 4.99 Å². The maximum Gasteiger partial charge on any atom is 0.255 e. The zero-order valence-corrected chi connectivity index (χ0v) is 18.5. The van der Waals surface area contributed by atoms with Crippen LogP contribution < -0.4 is 4.84 Å². The van der Waals surface area contributed by atoms with Crippen molar-refractivity contribution in [3.05, 3.63) is 23.3 Å². The third-order valence-electron chi connectivity index (χ3n) is 6.28. The summed E-state index contributed by atoms with van der Waals surface area (Å²) in [4.78, 5) is 40.1. The summed E-state index contributed by atoms with van der Waals surface area (Å²) in [5.41, 5.74) is 2.53. The number of aryl methyl sites for hydroxylation is 1. The first-order valence-corrected chi connectivity index (χ1v) is 11.4. The molecule has 1 saturated heterocycles. The van der Waals surface area contributed by atoms with Gasteiger partial charge in [0.15, 0.2) is 5.75 Å². The van der Waals surface area contributed by atoms with Crippen LogP contribution >= 0.6 is 0 Å². The highest BCUT2D eigenvalue weighted by atomic mass is 16.7. The zero-order valence-electron chi connectivity index (χ0n) is 18.5. The second kappa shape index (κ2) is 9.26. The van der Waals surface area contributed by atoms with Crippen LogP contribution in [-0.4, -0.2) is 63.5 Å². The number of aliphatic hydroxyl groups excluding tert-OH is 1. The number of fused-ring (bicyclic) bond motifs is 2. The standard InChI is InChI=1S/C23H32N4O4/c1-3-7-20(29)26(12-13-28)31-22-16(2)10-11-19-18(22)14-25-15-21(30)27(23(25)24-19)17-8-5-4-6-9-17/h10-11,17,28H,3-9,12-15H2,1-2H3. The molecule has 3 aliphatic rings. The van der Waals surface area contributed by atoms with E-state index < -0.39 is 0 Å². The molecule has 1 saturated carbocycles. The molecule has 2 amide bonds. The van der Waals surface area contributed by atoms with Crippen LogP contribution in [-0.2, 0) is 16.1 Å². The first-order chi connectivity index (χ1) is 15.0. The minimum Gasteiger partial charge on any atom is -0.394 e. The Hall–Kier alpha value is -2.61. The highest BCUT2D eigenvalue weighted by Gasteiger charge is 2.41. The Bertz CT molecular complexity index is 879. The Morgan fingerprint density at radius 2 is 2.03 bits per heavy atom. The molecule has 2 heterocycles. The molecule has 2 fully saturated rings. The molecule has 2 aliphatic heterocycles. The molecular weight excluding hydrogens is 396 g/mol. The van der Waals surface area contributed by atoms with Crippen LogP contribution in [0.5, 0.6) is 5.75 Å². The summed E-state index contributed by atoms with van der Waals surface area (Å²) in [6.07, 6.45) is 6.67. The van der Waals surface area contributed by atoms with Gasteiger partial charge in [-0.15, -0.1) is 0 Å². The fraction of sp³-hybridized carbons (Fsp3) is 0.609. The van der Waals surface area contributed by atoms with Gasteiger partial charge in [0.1, 0.15) is 6.54 Å². The van der Waals surface area contributed by atoms with E-state index in [2.05, 4.69) is 0 Å². The fourth-order valence-corrected chi connectivity index (χ4v) is 4.71. The molecule has 4 rings (SSSR count). The SMILES string of the molecule is CCCC(=O)N(CCO)Oc1c(C)ccc2c1CN1CC(=O)N(C3CCCCC3)C1=N2. The Morgan fingerprint density at radius 3 is 2.74 bits per heavy atom. The van der Waals surface area contributed by atoms with Crippen molar-refractivity contribution in [1.82, 2.24) is 14.9 Å². The molecule has 0 atom stereocenters. The lowest BCUT2D eigenvalue weighted by molar-refractivity contribution is -0.159. The topological polar surface area (TPSA) is 85.7 Å². The van der Waals surface area contributed by atoms with Gasteiger partial charge in [-0.3, -0.25) is 14.5 Å². The zero-order chi connectivity index (χ0) is 22.0. The number of hydrogen-bond donors (Lipinski definition) is 1. The van der Waals surface area contributed by atoms with Gasteiger partial charge in [0.05, 0.1) is 25.4 Å². The van der Waals surface area contributed by atoms with Gasteiger partial charge in [0, 0.05) is 18.0 Å². The van der Waals surface area contributed by atoms with Crippen molar-refractivity contribution < 1.29 is 19.5 Å². The van der Waals surface area contributed by atoms with Gasteiger partial charge in [0.2, 0.25) is 11.9 Å². The normalized spacial score (nSPS) is 18.5. The Morgan fingerprint density at radius 1 is 1.26 bits per heavy atom. The monoisotopic (exact) mass is 428 g/mol. The van der Waals surface area contributed by atoms with Crippen LogP contribution in [0.1, 0.15) is 63.0 Å². The summed E-state index contributed by atoms with van der Waals surface area (Å²) in [5.74, 6) is 1.28. The number of aliphatic hydroxyl groups is 1. The van der Waals surface area contributed by atoms with E-state index in [9.17, 15) is 14.7 Å². The number of hydroxylamine groups is 2. The summed E-state index contributed by atoms with van der Waals surface area (Å²) in [5, 5.41) is 10.6. The van der Waals surface area contributed by atoms with Gasteiger partial charge < -0.3 is 14.8 Å². The highest BCUT2D eigenvalue weighted by molar-refractivity contribution is 6.06. The van der Waals surface area contributed by atoms with E-state index in [-0.39, 0.29) is 31.0 Å². The Kier molecular flexibility index (Phi) is 6.46. The molecular formula is C23H32N4O4. The van der Waals surface area contributed by atoms with Crippen LogP contribution in [0.15, 0.2) is 17.1 Å². The number of carbonyl (C=O) groups excluding carboxylic acids is 2. The van der Waals surface area contributed by atoms with Crippen molar-refractivity contribution >= 4 is 23.5 Å². The maximum absolute atomic E-state index is 12.9. The van der Waals surface area contributed by atoms with Crippen LogP contribution in [0.2, 0.25) is 0 Å². The minimum atomic E-state index is -0.178. The molecule has 1 aromatic carbocycles. The quantitative estimate of drug-likeness (QED) is 0.675.